The van der Waals surface area contributed by atoms with Crippen molar-refractivity contribution in [1.29, 1.82) is 0 Å². The number of aromatic nitrogens is 2. The molecule has 1 aliphatic heterocycles. The van der Waals surface area contributed by atoms with E-state index in [0.29, 0.717) is 44.9 Å². The number of thiophene rings is 1. The summed E-state index contributed by atoms with van der Waals surface area (Å²) in [7, 11) is 3.09. The lowest BCUT2D eigenvalue weighted by molar-refractivity contribution is 0.262. The van der Waals surface area contributed by atoms with Gasteiger partial charge >= 0.3 is 6.03 Å². The molecule has 0 bridgehead atoms. The van der Waals surface area contributed by atoms with E-state index < -0.39 is 6.03 Å². The Hall–Kier alpha value is -3.07. The molecule has 0 unspecified atom stereocenters. The third-order valence-corrected chi connectivity index (χ3v) is 6.81. The van der Waals surface area contributed by atoms with Crippen LogP contribution in [0, 0.1) is 12.8 Å². The third-order valence-electron chi connectivity index (χ3n) is 5.70. The summed E-state index contributed by atoms with van der Waals surface area (Å²) in [6.45, 7) is 4.75. The van der Waals surface area contributed by atoms with E-state index in [4.69, 9.17) is 14.5 Å². The summed E-state index contributed by atoms with van der Waals surface area (Å²) in [6, 6.07) is 4.72. The molecule has 0 fully saturated rings. The zero-order valence-corrected chi connectivity index (χ0v) is 18.9. The van der Waals surface area contributed by atoms with Crippen LogP contribution in [-0.2, 0) is 13.0 Å². The number of carbonyl (C=O) groups is 1. The Labute approximate surface area is 184 Å². The maximum absolute atomic E-state index is 13.2. The first-order valence-corrected chi connectivity index (χ1v) is 11.1. The summed E-state index contributed by atoms with van der Waals surface area (Å²) in [6.07, 6.45) is 2.80. The number of rotatable bonds is 4. The highest BCUT2D eigenvalue weighted by Crippen LogP contribution is 2.34. The number of nitrogens with zero attached hydrogens (tertiary/aromatic N) is 2. The molecule has 1 aliphatic rings. The van der Waals surface area contributed by atoms with Crippen LogP contribution in [-0.4, -0.2) is 29.8 Å². The maximum atomic E-state index is 13.2. The van der Waals surface area contributed by atoms with Crippen LogP contribution in [0.4, 0.5) is 15.5 Å². The fraction of sp³-hybridized carbons (Fsp3) is 0.409. The number of benzene rings is 1. The number of nitrogens with one attached hydrogen (secondary N) is 2. The minimum Gasteiger partial charge on any atom is -0.493 e. The molecular formula is C22H26N4O4S. The van der Waals surface area contributed by atoms with Crippen molar-refractivity contribution < 1.29 is 14.3 Å². The zero-order chi connectivity index (χ0) is 22.1. The van der Waals surface area contributed by atoms with E-state index in [2.05, 4.69) is 17.6 Å². The third kappa shape index (κ3) is 4.10. The summed E-state index contributed by atoms with van der Waals surface area (Å²) in [5, 5.41) is 6.85. The molecule has 1 aromatic carbocycles. The number of methoxy groups -OCH3 is 2. The number of amides is 2. The van der Waals surface area contributed by atoms with Gasteiger partial charge in [-0.1, -0.05) is 18.3 Å². The maximum Gasteiger partial charge on any atom is 0.324 e. The van der Waals surface area contributed by atoms with Crippen LogP contribution in [0.5, 0.6) is 11.5 Å². The number of fused-ring (bicyclic) bond motifs is 2. The molecule has 9 heteroatoms. The summed E-state index contributed by atoms with van der Waals surface area (Å²) < 4.78 is 12.3. The quantitative estimate of drug-likeness (QED) is 0.625. The topological polar surface area (TPSA) is 94.5 Å². The first-order chi connectivity index (χ1) is 14.9. The van der Waals surface area contributed by atoms with Crippen LogP contribution >= 0.6 is 11.3 Å². The van der Waals surface area contributed by atoms with Crippen LogP contribution < -0.4 is 25.7 Å². The van der Waals surface area contributed by atoms with Crippen molar-refractivity contribution in [2.24, 2.45) is 5.92 Å². The van der Waals surface area contributed by atoms with E-state index in [1.807, 2.05) is 6.92 Å². The van der Waals surface area contributed by atoms with E-state index >= 15 is 0 Å². The fourth-order valence-corrected chi connectivity index (χ4v) is 4.93. The molecule has 1 atom stereocenters. The molecule has 31 heavy (non-hydrogen) atoms. The molecule has 3 aromatic rings. The van der Waals surface area contributed by atoms with Crippen molar-refractivity contribution in [3.05, 3.63) is 39.9 Å². The van der Waals surface area contributed by atoms with Crippen LogP contribution in [0.1, 0.15) is 31.2 Å². The largest absolute Gasteiger partial charge is 0.493 e. The lowest BCUT2D eigenvalue weighted by Gasteiger charge is -2.11. The lowest BCUT2D eigenvalue weighted by Crippen LogP contribution is -2.24. The van der Waals surface area contributed by atoms with Gasteiger partial charge in [-0.2, -0.15) is 0 Å². The minimum absolute atomic E-state index is 0.0174. The van der Waals surface area contributed by atoms with Gasteiger partial charge in [0, 0.05) is 24.7 Å². The van der Waals surface area contributed by atoms with E-state index in [1.54, 1.807) is 29.9 Å². The number of hydrogen-bond donors (Lipinski definition) is 2. The van der Waals surface area contributed by atoms with Crippen molar-refractivity contribution in [1.82, 2.24) is 9.55 Å². The molecule has 2 aromatic heterocycles. The molecule has 0 spiro atoms. The van der Waals surface area contributed by atoms with E-state index in [0.717, 1.165) is 30.7 Å². The van der Waals surface area contributed by atoms with Crippen molar-refractivity contribution in [2.45, 2.75) is 39.7 Å². The van der Waals surface area contributed by atoms with Crippen molar-refractivity contribution in [3.8, 4) is 11.5 Å². The number of urea groups is 1. The van der Waals surface area contributed by atoms with Crippen molar-refractivity contribution >= 4 is 38.3 Å². The molecule has 0 aliphatic carbocycles. The number of ether oxygens (including phenoxy) is 2. The second-order valence-electron chi connectivity index (χ2n) is 7.80. The Morgan fingerprint density at radius 1 is 1.19 bits per heavy atom. The fourth-order valence-electron chi connectivity index (χ4n) is 3.85. The molecule has 164 valence electrons. The average molecular weight is 443 g/mol. The highest BCUT2D eigenvalue weighted by Gasteiger charge is 2.21. The molecule has 0 saturated heterocycles. The number of anilines is 2. The molecule has 2 amide bonds. The first-order valence-electron chi connectivity index (χ1n) is 10.2. The SMILES string of the molecule is COc1ccc(NC(=O)Nc2sc3nc4n(c(=O)c3c2C)CC[C@H](C)CC4)cc1OC. The number of hydrogen-bond acceptors (Lipinski definition) is 6. The van der Waals surface area contributed by atoms with Gasteiger partial charge in [-0.05, 0) is 43.4 Å². The van der Waals surface area contributed by atoms with Gasteiger partial charge in [0.1, 0.15) is 15.7 Å². The van der Waals surface area contributed by atoms with E-state index in [-0.39, 0.29) is 5.56 Å². The number of carbonyl (C=O) groups excluding carboxylic acids is 1. The Balaban J connectivity index is 1.59. The smallest absolute Gasteiger partial charge is 0.324 e. The number of aryl methyl sites for hydroxylation is 2. The molecule has 4 rings (SSSR count). The molecule has 0 saturated carbocycles. The Bertz CT molecular complexity index is 1200. The van der Waals surface area contributed by atoms with E-state index in [9.17, 15) is 9.59 Å². The monoisotopic (exact) mass is 442 g/mol. The van der Waals surface area contributed by atoms with Crippen molar-refractivity contribution in [3.63, 3.8) is 0 Å². The zero-order valence-electron chi connectivity index (χ0n) is 18.1. The first kappa shape index (κ1) is 21.2. The minimum atomic E-state index is -0.405. The second-order valence-corrected chi connectivity index (χ2v) is 8.80. The Morgan fingerprint density at radius 3 is 2.71 bits per heavy atom. The standard InChI is InChI=1S/C22H26N4O4S/c1-12-5-8-17-24-20-18(21(27)26(17)10-9-12)13(2)19(31-20)25-22(28)23-14-6-7-15(29-3)16(11-14)30-4/h6-7,11-12H,5,8-10H2,1-4H3,(H2,23,25,28)/t12-/m1/s1. The summed E-state index contributed by atoms with van der Waals surface area (Å²) in [5.41, 5.74) is 1.29. The van der Waals surface area contributed by atoms with Gasteiger partial charge in [0.05, 0.1) is 19.6 Å². The Morgan fingerprint density at radius 2 is 1.97 bits per heavy atom. The van der Waals surface area contributed by atoms with Gasteiger partial charge in [-0.15, -0.1) is 0 Å². The predicted molar refractivity (Wildman–Crippen MR) is 123 cm³/mol. The second kappa shape index (κ2) is 8.58. The molecule has 3 heterocycles. The summed E-state index contributed by atoms with van der Waals surface area (Å²) >= 11 is 1.33. The van der Waals surface area contributed by atoms with Gasteiger partial charge in [0.15, 0.2) is 11.5 Å². The van der Waals surface area contributed by atoms with Crippen LogP contribution in [0.3, 0.4) is 0 Å². The van der Waals surface area contributed by atoms with Crippen LogP contribution in [0.15, 0.2) is 23.0 Å². The van der Waals surface area contributed by atoms with Gasteiger partial charge in [-0.25, -0.2) is 9.78 Å². The van der Waals surface area contributed by atoms with Crippen LogP contribution in [0.2, 0.25) is 0 Å². The molecule has 2 N–H and O–H groups in total. The highest BCUT2D eigenvalue weighted by molar-refractivity contribution is 7.22. The summed E-state index contributed by atoms with van der Waals surface area (Å²) in [5.74, 6) is 2.52. The molecule has 8 nitrogen and oxygen atoms in total. The van der Waals surface area contributed by atoms with Gasteiger partial charge in [0.25, 0.3) is 5.56 Å². The highest BCUT2D eigenvalue weighted by atomic mass is 32.1. The van der Waals surface area contributed by atoms with Gasteiger partial charge in [0.2, 0.25) is 0 Å². The average Bonchev–Trinajstić information content (AvgIpc) is 2.93. The van der Waals surface area contributed by atoms with Crippen LogP contribution in [0.25, 0.3) is 10.2 Å². The molecule has 0 radical (unpaired) electrons. The van der Waals surface area contributed by atoms with Gasteiger partial charge < -0.3 is 14.8 Å². The lowest BCUT2D eigenvalue weighted by atomic mass is 10.0. The predicted octanol–water partition coefficient (Wildman–Crippen LogP) is 4.40. The van der Waals surface area contributed by atoms with Gasteiger partial charge in [-0.3, -0.25) is 14.7 Å². The Kier molecular flexibility index (Phi) is 5.86. The molecular weight excluding hydrogens is 416 g/mol. The van der Waals surface area contributed by atoms with E-state index in [1.165, 1.54) is 18.4 Å². The van der Waals surface area contributed by atoms with Crippen molar-refractivity contribution in [2.75, 3.05) is 24.9 Å². The normalized spacial score (nSPS) is 15.8. The summed E-state index contributed by atoms with van der Waals surface area (Å²) in [4.78, 5) is 31.2.